The predicted molar refractivity (Wildman–Crippen MR) is 174 cm³/mol. The summed E-state index contributed by atoms with van der Waals surface area (Å²) in [5, 5.41) is 10.6. The Morgan fingerprint density at radius 2 is 1.76 bits per heavy atom. The van der Waals surface area contributed by atoms with E-state index in [0.717, 1.165) is 16.2 Å². The van der Waals surface area contributed by atoms with Gasteiger partial charge in [0.2, 0.25) is 5.82 Å². The Balaban J connectivity index is 1.31. The van der Waals surface area contributed by atoms with Crippen molar-refractivity contribution in [1.29, 1.82) is 0 Å². The van der Waals surface area contributed by atoms with Gasteiger partial charge in [0.25, 0.3) is 11.5 Å². The molecule has 1 N–H and O–H groups in total. The van der Waals surface area contributed by atoms with Crippen LogP contribution in [0.2, 0.25) is 5.02 Å². The van der Waals surface area contributed by atoms with Gasteiger partial charge >= 0.3 is 0 Å². The number of furan rings is 1. The van der Waals surface area contributed by atoms with Crippen LogP contribution in [0.5, 0.6) is 5.75 Å². The van der Waals surface area contributed by atoms with Gasteiger partial charge in [-0.15, -0.1) is 0 Å². The fourth-order valence-corrected chi connectivity index (χ4v) is 5.25. The second kappa shape index (κ2) is 11.7. The topological polar surface area (TPSA) is 98.7 Å². The molecule has 8 nitrogen and oxygen atoms in total. The van der Waals surface area contributed by atoms with Crippen LogP contribution in [-0.4, -0.2) is 28.4 Å². The standard InChI is InChI=1S/C35H22ClFN4O4/c36-23-13-15-30-22(16-23)17-32(45-30)34-40-29-11-4-3-10-27(29)35(43)41(34)38-19-28-26-9-2-1-6-21(26)12-14-31(28)44-20-33(42)39-25-8-5-7-24(37)18-25/h1-19H,20H2,(H,39,42). The number of aromatic nitrogens is 2. The van der Waals surface area contributed by atoms with Gasteiger partial charge in [0.15, 0.2) is 12.4 Å². The first-order valence-electron chi connectivity index (χ1n) is 13.9. The average molecular weight is 617 g/mol. The summed E-state index contributed by atoms with van der Waals surface area (Å²) in [4.78, 5) is 31.2. The lowest BCUT2D eigenvalue weighted by atomic mass is 10.0. The van der Waals surface area contributed by atoms with Crippen molar-refractivity contribution in [3.63, 3.8) is 0 Å². The van der Waals surface area contributed by atoms with E-state index in [1.54, 1.807) is 60.7 Å². The quantitative estimate of drug-likeness (QED) is 0.185. The summed E-state index contributed by atoms with van der Waals surface area (Å²) in [5.41, 5.74) is 1.51. The number of anilines is 1. The number of carbonyl (C=O) groups is 1. The van der Waals surface area contributed by atoms with E-state index in [4.69, 9.17) is 25.7 Å². The Labute approximate surface area is 260 Å². The summed E-state index contributed by atoms with van der Waals surface area (Å²) in [6.07, 6.45) is 1.50. The molecule has 0 saturated carbocycles. The normalized spacial score (nSPS) is 11.5. The van der Waals surface area contributed by atoms with Gasteiger partial charge in [0.1, 0.15) is 17.1 Å². The summed E-state index contributed by atoms with van der Waals surface area (Å²) in [7, 11) is 0. The van der Waals surface area contributed by atoms with E-state index >= 15 is 0 Å². The van der Waals surface area contributed by atoms with Crippen molar-refractivity contribution in [3.8, 4) is 17.3 Å². The Hall–Kier alpha value is -5.80. The van der Waals surface area contributed by atoms with Crippen molar-refractivity contribution in [2.75, 3.05) is 11.9 Å². The molecule has 7 rings (SSSR count). The third kappa shape index (κ3) is 5.64. The Morgan fingerprint density at radius 3 is 2.62 bits per heavy atom. The number of hydrogen-bond donors (Lipinski definition) is 1. The highest BCUT2D eigenvalue weighted by Crippen LogP contribution is 2.30. The number of benzene rings is 5. The van der Waals surface area contributed by atoms with Crippen LogP contribution in [0.1, 0.15) is 5.56 Å². The molecular weight excluding hydrogens is 595 g/mol. The van der Waals surface area contributed by atoms with Crippen LogP contribution in [0.25, 0.3) is 44.2 Å². The summed E-state index contributed by atoms with van der Waals surface area (Å²) in [6.45, 7) is -0.347. The zero-order valence-corrected chi connectivity index (χ0v) is 24.2. The Bertz CT molecular complexity index is 2350. The van der Waals surface area contributed by atoms with Crippen molar-refractivity contribution >= 4 is 62.1 Å². The van der Waals surface area contributed by atoms with Gasteiger partial charge in [0.05, 0.1) is 17.1 Å². The number of nitrogens with one attached hydrogen (secondary N) is 1. The van der Waals surface area contributed by atoms with Crippen LogP contribution in [0.3, 0.4) is 0 Å². The molecular formula is C35H22ClFN4O4. The predicted octanol–water partition coefficient (Wildman–Crippen LogP) is 7.66. The number of nitrogens with zero attached hydrogens (tertiary/aromatic N) is 3. The monoisotopic (exact) mass is 616 g/mol. The zero-order valence-electron chi connectivity index (χ0n) is 23.4. The second-order valence-corrected chi connectivity index (χ2v) is 10.6. The second-order valence-electron chi connectivity index (χ2n) is 10.2. The first kappa shape index (κ1) is 28.0. The van der Waals surface area contributed by atoms with Crippen molar-refractivity contribution in [2.24, 2.45) is 5.10 Å². The number of amides is 1. The molecule has 0 fully saturated rings. The number of rotatable bonds is 7. The molecule has 0 radical (unpaired) electrons. The van der Waals surface area contributed by atoms with Gasteiger partial charge in [-0.3, -0.25) is 9.59 Å². The number of fused-ring (bicyclic) bond motifs is 3. The molecule has 0 bridgehead atoms. The van der Waals surface area contributed by atoms with Crippen LogP contribution in [-0.2, 0) is 4.79 Å². The van der Waals surface area contributed by atoms with E-state index in [9.17, 15) is 14.0 Å². The molecule has 1 amide bonds. The molecule has 0 atom stereocenters. The molecule has 0 aliphatic carbocycles. The lowest BCUT2D eigenvalue weighted by molar-refractivity contribution is -0.118. The van der Waals surface area contributed by atoms with Crippen molar-refractivity contribution in [2.45, 2.75) is 0 Å². The van der Waals surface area contributed by atoms with Gasteiger partial charge in [-0.25, -0.2) is 9.37 Å². The number of halogens is 2. The van der Waals surface area contributed by atoms with E-state index < -0.39 is 17.3 Å². The van der Waals surface area contributed by atoms with E-state index in [1.165, 1.54) is 29.1 Å². The molecule has 0 spiro atoms. The van der Waals surface area contributed by atoms with Gasteiger partial charge in [-0.2, -0.15) is 9.78 Å². The maximum atomic E-state index is 13.8. The molecule has 45 heavy (non-hydrogen) atoms. The summed E-state index contributed by atoms with van der Waals surface area (Å²) in [6, 6.07) is 30.8. The lowest BCUT2D eigenvalue weighted by Gasteiger charge is -2.12. The van der Waals surface area contributed by atoms with E-state index in [-0.39, 0.29) is 12.4 Å². The minimum atomic E-state index is -0.473. The summed E-state index contributed by atoms with van der Waals surface area (Å²) < 4.78 is 26.8. The number of hydrogen-bond acceptors (Lipinski definition) is 6. The summed E-state index contributed by atoms with van der Waals surface area (Å²) in [5.74, 6) is -0.0615. The minimum Gasteiger partial charge on any atom is -0.483 e. The highest BCUT2D eigenvalue weighted by Gasteiger charge is 2.17. The number of para-hydroxylation sites is 1. The first-order chi connectivity index (χ1) is 21.9. The molecule has 2 aromatic heterocycles. The van der Waals surface area contributed by atoms with E-state index in [2.05, 4.69) is 10.4 Å². The average Bonchev–Trinajstić information content (AvgIpc) is 3.46. The van der Waals surface area contributed by atoms with Gasteiger partial charge in [-0.1, -0.05) is 60.1 Å². The molecule has 5 aromatic carbocycles. The van der Waals surface area contributed by atoms with Crippen LogP contribution in [0, 0.1) is 5.82 Å². The molecule has 7 aromatic rings. The van der Waals surface area contributed by atoms with Crippen LogP contribution in [0.15, 0.2) is 124 Å². The van der Waals surface area contributed by atoms with Gasteiger partial charge in [0, 0.05) is 21.7 Å². The van der Waals surface area contributed by atoms with Gasteiger partial charge < -0.3 is 14.5 Å². The summed E-state index contributed by atoms with van der Waals surface area (Å²) >= 11 is 6.19. The molecule has 0 aliphatic rings. The number of carbonyl (C=O) groups excluding carboxylic acids is 1. The molecule has 220 valence electrons. The van der Waals surface area contributed by atoms with E-state index in [0.29, 0.717) is 44.3 Å². The smallest absolute Gasteiger partial charge is 0.282 e. The molecule has 2 heterocycles. The first-order valence-corrected chi connectivity index (χ1v) is 14.3. The molecule has 0 unspecified atom stereocenters. The molecule has 0 saturated heterocycles. The molecule has 10 heteroatoms. The fourth-order valence-electron chi connectivity index (χ4n) is 5.07. The highest BCUT2D eigenvalue weighted by molar-refractivity contribution is 6.31. The maximum Gasteiger partial charge on any atom is 0.282 e. The Morgan fingerprint density at radius 1 is 0.933 bits per heavy atom. The van der Waals surface area contributed by atoms with Crippen molar-refractivity contribution in [3.05, 3.63) is 136 Å². The third-order valence-electron chi connectivity index (χ3n) is 7.15. The minimum absolute atomic E-state index is 0.194. The van der Waals surface area contributed by atoms with Gasteiger partial charge in [-0.05, 0) is 71.4 Å². The zero-order chi connectivity index (χ0) is 30.9. The third-order valence-corrected chi connectivity index (χ3v) is 7.39. The molecule has 0 aliphatic heterocycles. The number of ether oxygens (including phenoxy) is 1. The lowest BCUT2D eigenvalue weighted by Crippen LogP contribution is -2.21. The van der Waals surface area contributed by atoms with Crippen LogP contribution in [0.4, 0.5) is 10.1 Å². The van der Waals surface area contributed by atoms with Crippen LogP contribution >= 0.6 is 11.6 Å². The maximum absolute atomic E-state index is 13.8. The van der Waals surface area contributed by atoms with E-state index in [1.807, 2.05) is 30.3 Å². The Kier molecular flexibility index (Phi) is 7.28. The van der Waals surface area contributed by atoms with Crippen molar-refractivity contribution < 1.29 is 18.3 Å². The largest absolute Gasteiger partial charge is 0.483 e. The van der Waals surface area contributed by atoms with Crippen LogP contribution < -0.4 is 15.6 Å². The highest BCUT2D eigenvalue weighted by atomic mass is 35.5. The fraction of sp³-hybridized carbons (Fsp3) is 0.0286. The SMILES string of the molecule is O=C(COc1ccc2ccccc2c1C=Nn1c(-c2cc3cc(Cl)ccc3o2)nc2ccccc2c1=O)Nc1cccc(F)c1. The van der Waals surface area contributed by atoms with Crippen molar-refractivity contribution in [1.82, 2.24) is 9.66 Å².